The Bertz CT molecular complexity index is 1540. The number of methoxy groups -OCH3 is 1. The predicted octanol–water partition coefficient (Wildman–Crippen LogP) is 3.92. The summed E-state index contributed by atoms with van der Waals surface area (Å²) in [6.45, 7) is 4.09. The molecule has 13 heteroatoms. The van der Waals surface area contributed by atoms with Crippen LogP contribution in [0.15, 0.2) is 48.9 Å². The average molecular weight is 579 g/mol. The highest BCUT2D eigenvalue weighted by Gasteiger charge is 2.34. The van der Waals surface area contributed by atoms with Crippen molar-refractivity contribution < 1.29 is 23.0 Å². The molecule has 4 aromatic rings. The smallest absolute Gasteiger partial charge is 0.229 e. The lowest BCUT2D eigenvalue weighted by Gasteiger charge is -2.42. The fourth-order valence-corrected chi connectivity index (χ4v) is 5.13. The summed E-state index contributed by atoms with van der Waals surface area (Å²) < 4.78 is 47.7. The molecule has 1 aromatic carbocycles. The third kappa shape index (κ3) is 6.25. The number of halogens is 2. The number of nitrogens with zero attached hydrogens (tertiary/aromatic N) is 6. The lowest BCUT2D eigenvalue weighted by Crippen LogP contribution is -2.56. The molecule has 3 atom stereocenters. The van der Waals surface area contributed by atoms with Gasteiger partial charge >= 0.3 is 0 Å². The van der Waals surface area contributed by atoms with Crippen LogP contribution in [0.1, 0.15) is 13.3 Å². The highest BCUT2D eigenvalue weighted by molar-refractivity contribution is 5.74. The minimum atomic E-state index is -0.802. The molecule has 3 unspecified atom stereocenters. The van der Waals surface area contributed by atoms with Crippen molar-refractivity contribution in [2.45, 2.75) is 25.5 Å². The zero-order valence-electron chi connectivity index (χ0n) is 23.3. The molecule has 42 heavy (non-hydrogen) atoms. The van der Waals surface area contributed by atoms with Crippen LogP contribution in [0.3, 0.4) is 0 Å². The number of anilines is 3. The van der Waals surface area contributed by atoms with Crippen molar-refractivity contribution in [3.8, 4) is 23.1 Å². The molecule has 0 amide bonds. The van der Waals surface area contributed by atoms with Crippen molar-refractivity contribution >= 4 is 22.8 Å². The summed E-state index contributed by atoms with van der Waals surface area (Å²) >= 11 is 0. The lowest BCUT2D eigenvalue weighted by molar-refractivity contribution is -0.00331. The minimum Gasteiger partial charge on any atom is -0.491 e. The second-order valence-electron chi connectivity index (χ2n) is 10.0. The molecule has 11 nitrogen and oxygen atoms in total. The fraction of sp³-hybridized carbons (Fsp3) is 0.379. The molecule has 0 radical (unpaired) electrons. The van der Waals surface area contributed by atoms with Crippen molar-refractivity contribution in [2.75, 3.05) is 50.2 Å². The van der Waals surface area contributed by atoms with Gasteiger partial charge in [0, 0.05) is 50.5 Å². The maximum absolute atomic E-state index is 15.0. The summed E-state index contributed by atoms with van der Waals surface area (Å²) in [5, 5.41) is 16.6. The normalized spacial score (nSPS) is 18.7. The van der Waals surface area contributed by atoms with Crippen molar-refractivity contribution in [1.29, 1.82) is 5.26 Å². The fourth-order valence-electron chi connectivity index (χ4n) is 5.13. The number of imidazole rings is 1. The Balaban J connectivity index is 1.39. The Kier molecular flexibility index (Phi) is 9.06. The number of piperidine rings is 1. The number of nitrogens with two attached hydrogens (primary N) is 1. The number of hydrogen-bond acceptors (Lipinski definition) is 10. The van der Waals surface area contributed by atoms with Crippen LogP contribution in [0.4, 0.5) is 26.1 Å². The number of pyridine rings is 1. The standard InChI is InChI=1S/C29H32F2N8O3/c1-18-16-38(17-23(33)28(18)42-9-3-7-32)26-6-8-34-15-25(26)36-29-35-14-19-4-5-24(37-39(19)29)27-21(30)12-20(13-22(27)31)41-11-10-40-2/h4-6,8,12-15,18,23,28H,3,9-11,16-17,33H2,1-2H3,(H,35,36). The van der Waals surface area contributed by atoms with Crippen LogP contribution in [-0.2, 0) is 9.47 Å². The Morgan fingerprint density at radius 3 is 2.67 bits per heavy atom. The molecule has 3 aromatic heterocycles. The first-order valence-corrected chi connectivity index (χ1v) is 13.6. The topological polar surface area (TPSA) is 136 Å². The third-order valence-corrected chi connectivity index (χ3v) is 7.04. The van der Waals surface area contributed by atoms with E-state index in [1.165, 1.54) is 17.7 Å². The lowest BCUT2D eigenvalue weighted by atomic mass is 9.92. The Labute approximate surface area is 241 Å². The van der Waals surface area contributed by atoms with Crippen LogP contribution in [-0.4, -0.2) is 71.7 Å². The van der Waals surface area contributed by atoms with E-state index < -0.39 is 11.6 Å². The third-order valence-electron chi connectivity index (χ3n) is 7.04. The van der Waals surface area contributed by atoms with Crippen LogP contribution in [0, 0.1) is 28.9 Å². The Morgan fingerprint density at radius 2 is 1.93 bits per heavy atom. The largest absolute Gasteiger partial charge is 0.491 e. The van der Waals surface area contributed by atoms with Crippen molar-refractivity contribution in [2.24, 2.45) is 11.7 Å². The van der Waals surface area contributed by atoms with E-state index in [-0.39, 0.29) is 41.7 Å². The van der Waals surface area contributed by atoms with Gasteiger partial charge in [-0.3, -0.25) is 4.98 Å². The molecule has 1 aliphatic rings. The van der Waals surface area contributed by atoms with Gasteiger partial charge < -0.3 is 30.2 Å². The SMILES string of the molecule is COCCOc1cc(F)c(-c2ccc3cnc(Nc4cnccc4N4CC(C)C(OCCC#N)C(N)C4)n3n2)c(F)c1. The molecular weight excluding hydrogens is 546 g/mol. The average Bonchev–Trinajstić information content (AvgIpc) is 3.36. The van der Waals surface area contributed by atoms with Gasteiger partial charge in [0.25, 0.3) is 0 Å². The van der Waals surface area contributed by atoms with Gasteiger partial charge in [0.2, 0.25) is 5.95 Å². The summed E-state index contributed by atoms with van der Waals surface area (Å²) in [7, 11) is 1.51. The van der Waals surface area contributed by atoms with E-state index in [1.54, 1.807) is 24.7 Å². The summed E-state index contributed by atoms with van der Waals surface area (Å²) in [5.74, 6) is -1.08. The summed E-state index contributed by atoms with van der Waals surface area (Å²) in [5.41, 5.74) is 8.44. The van der Waals surface area contributed by atoms with Gasteiger partial charge in [-0.05, 0) is 18.2 Å². The van der Waals surface area contributed by atoms with E-state index >= 15 is 8.78 Å². The van der Waals surface area contributed by atoms with Crippen LogP contribution in [0.5, 0.6) is 5.75 Å². The van der Waals surface area contributed by atoms with Gasteiger partial charge in [0.15, 0.2) is 0 Å². The zero-order valence-corrected chi connectivity index (χ0v) is 23.3. The molecule has 3 N–H and O–H groups in total. The number of fused-ring (bicyclic) bond motifs is 1. The van der Waals surface area contributed by atoms with Crippen molar-refractivity contribution in [3.05, 3.63) is 60.6 Å². The number of ether oxygens (including phenoxy) is 3. The van der Waals surface area contributed by atoms with Crippen molar-refractivity contribution in [1.82, 2.24) is 19.6 Å². The summed E-state index contributed by atoms with van der Waals surface area (Å²) in [4.78, 5) is 10.9. The molecule has 220 valence electrons. The number of nitrogens with one attached hydrogen (secondary N) is 1. The number of nitriles is 1. The second-order valence-corrected chi connectivity index (χ2v) is 10.0. The van der Waals surface area contributed by atoms with E-state index in [1.807, 2.05) is 6.07 Å². The van der Waals surface area contributed by atoms with Crippen LogP contribution in [0.2, 0.25) is 0 Å². The molecular formula is C29H32F2N8O3. The van der Waals surface area contributed by atoms with Gasteiger partial charge in [-0.15, -0.1) is 0 Å². The first-order valence-electron chi connectivity index (χ1n) is 13.6. The van der Waals surface area contributed by atoms with E-state index in [9.17, 15) is 0 Å². The summed E-state index contributed by atoms with van der Waals surface area (Å²) in [6, 6.07) is 9.18. The van der Waals surface area contributed by atoms with Crippen molar-refractivity contribution in [3.63, 3.8) is 0 Å². The van der Waals surface area contributed by atoms with E-state index in [4.69, 9.17) is 25.2 Å². The molecule has 0 bridgehead atoms. The molecule has 4 heterocycles. The zero-order chi connectivity index (χ0) is 29.6. The van der Waals surface area contributed by atoms with E-state index in [2.05, 4.69) is 38.3 Å². The first-order chi connectivity index (χ1) is 20.4. The van der Waals surface area contributed by atoms with Gasteiger partial charge in [0.1, 0.15) is 24.0 Å². The van der Waals surface area contributed by atoms with Gasteiger partial charge in [-0.25, -0.2) is 13.8 Å². The van der Waals surface area contributed by atoms with Crippen LogP contribution >= 0.6 is 0 Å². The number of benzene rings is 1. The molecule has 0 spiro atoms. The highest BCUT2D eigenvalue weighted by atomic mass is 19.1. The first kappa shape index (κ1) is 29.1. The predicted molar refractivity (Wildman–Crippen MR) is 153 cm³/mol. The number of rotatable bonds is 11. The number of aromatic nitrogens is 4. The van der Waals surface area contributed by atoms with Gasteiger partial charge in [-0.1, -0.05) is 6.92 Å². The summed E-state index contributed by atoms with van der Waals surface area (Å²) in [6.07, 6.45) is 5.14. The minimum absolute atomic E-state index is 0.0628. The second kappa shape index (κ2) is 13.1. The monoisotopic (exact) mass is 578 g/mol. The molecule has 1 aliphatic heterocycles. The van der Waals surface area contributed by atoms with Gasteiger partial charge in [0.05, 0.1) is 72.4 Å². The molecule has 0 saturated carbocycles. The maximum atomic E-state index is 15.0. The van der Waals surface area contributed by atoms with Gasteiger partial charge in [-0.2, -0.15) is 14.9 Å². The van der Waals surface area contributed by atoms with E-state index in [0.717, 1.165) is 17.8 Å². The molecule has 5 rings (SSSR count). The van der Waals surface area contributed by atoms with Crippen LogP contribution < -0.4 is 20.7 Å². The molecule has 0 aliphatic carbocycles. The Hall–Kier alpha value is -4.38. The molecule has 1 fully saturated rings. The highest BCUT2D eigenvalue weighted by Crippen LogP contribution is 2.33. The number of hydrogen-bond donors (Lipinski definition) is 2. The maximum Gasteiger partial charge on any atom is 0.229 e. The quantitative estimate of drug-likeness (QED) is 0.252. The van der Waals surface area contributed by atoms with E-state index in [0.29, 0.717) is 49.9 Å². The molecule has 1 saturated heterocycles. The Morgan fingerprint density at radius 1 is 1.12 bits per heavy atom. The van der Waals surface area contributed by atoms with Crippen LogP contribution in [0.25, 0.3) is 16.8 Å².